The number of halogens is 1. The van der Waals surface area contributed by atoms with Crippen molar-refractivity contribution in [2.24, 2.45) is 0 Å². The highest BCUT2D eigenvalue weighted by Crippen LogP contribution is 2.22. The molecule has 2 rings (SSSR count). The van der Waals surface area contributed by atoms with Gasteiger partial charge in [0, 0.05) is 0 Å². The fraction of sp³-hybridized carbons (Fsp3) is 0.273. The molecule has 0 amide bonds. The zero-order valence-electron chi connectivity index (χ0n) is 10.3. The Bertz CT molecular complexity index is 698. The van der Waals surface area contributed by atoms with Gasteiger partial charge < -0.3 is 0 Å². The maximum absolute atomic E-state index is 13.2. The number of hydrogen-bond donors (Lipinski definition) is 1. The molecule has 19 heavy (non-hydrogen) atoms. The third-order valence-corrected chi connectivity index (χ3v) is 5.02. The summed E-state index contributed by atoms with van der Waals surface area (Å²) in [6.45, 7) is 3.50. The van der Waals surface area contributed by atoms with Crippen LogP contribution in [0, 0.1) is 12.7 Å². The number of anilines is 1. The Hall–Kier alpha value is -1.54. The van der Waals surface area contributed by atoms with E-state index in [0.717, 1.165) is 22.4 Å². The summed E-state index contributed by atoms with van der Waals surface area (Å²) < 4.78 is 39.7. The van der Waals surface area contributed by atoms with Crippen LogP contribution in [0.3, 0.4) is 0 Å². The van der Waals surface area contributed by atoms with Crippen molar-refractivity contribution in [3.8, 4) is 0 Å². The van der Waals surface area contributed by atoms with Gasteiger partial charge in [-0.15, -0.1) is 10.2 Å². The van der Waals surface area contributed by atoms with E-state index in [-0.39, 0.29) is 10.0 Å². The summed E-state index contributed by atoms with van der Waals surface area (Å²) in [6.07, 6.45) is 0.679. The number of sulfonamides is 1. The molecule has 0 bridgehead atoms. The Kier molecular flexibility index (Phi) is 3.81. The van der Waals surface area contributed by atoms with Gasteiger partial charge in [0.1, 0.15) is 10.8 Å². The van der Waals surface area contributed by atoms with E-state index >= 15 is 0 Å². The minimum Gasteiger partial charge on any atom is -0.253 e. The minimum absolute atomic E-state index is 0.0965. The van der Waals surface area contributed by atoms with Crippen LogP contribution in [0.2, 0.25) is 0 Å². The summed E-state index contributed by atoms with van der Waals surface area (Å²) in [5, 5.41) is 8.47. The zero-order chi connectivity index (χ0) is 14.0. The summed E-state index contributed by atoms with van der Waals surface area (Å²) >= 11 is 1.16. The van der Waals surface area contributed by atoms with E-state index in [1.807, 2.05) is 6.92 Å². The Labute approximate surface area is 114 Å². The topological polar surface area (TPSA) is 72.0 Å². The van der Waals surface area contributed by atoms with Crippen LogP contribution in [0.1, 0.15) is 17.5 Å². The highest BCUT2D eigenvalue weighted by atomic mass is 32.2. The van der Waals surface area contributed by atoms with Gasteiger partial charge in [-0.3, -0.25) is 4.72 Å². The van der Waals surface area contributed by atoms with Crippen molar-refractivity contribution >= 4 is 26.5 Å². The molecule has 5 nitrogen and oxygen atoms in total. The normalized spacial score (nSPS) is 11.5. The maximum atomic E-state index is 13.2. The molecule has 8 heteroatoms. The average Bonchev–Trinajstić information content (AvgIpc) is 2.79. The molecule has 0 spiro atoms. The average molecular weight is 301 g/mol. The molecule has 0 radical (unpaired) electrons. The number of nitrogens with zero attached hydrogens (tertiary/aromatic N) is 2. The summed E-state index contributed by atoms with van der Waals surface area (Å²) in [5.41, 5.74) is 0.467. The van der Waals surface area contributed by atoms with Crippen molar-refractivity contribution in [3.63, 3.8) is 0 Å². The van der Waals surface area contributed by atoms with Gasteiger partial charge in [0.2, 0.25) is 5.13 Å². The Morgan fingerprint density at radius 2 is 2.11 bits per heavy atom. The van der Waals surface area contributed by atoms with Crippen LogP contribution in [-0.2, 0) is 16.4 Å². The summed E-state index contributed by atoms with van der Waals surface area (Å²) in [4.78, 5) is -0.0965. The fourth-order valence-electron chi connectivity index (χ4n) is 1.47. The molecule has 1 heterocycles. The molecule has 0 fully saturated rings. The maximum Gasteiger partial charge on any atom is 0.264 e. The second-order valence-corrected chi connectivity index (χ2v) is 6.58. The Balaban J connectivity index is 2.34. The van der Waals surface area contributed by atoms with Crippen LogP contribution >= 0.6 is 11.3 Å². The third kappa shape index (κ3) is 3.07. The van der Waals surface area contributed by atoms with Gasteiger partial charge in [-0.05, 0) is 31.0 Å². The van der Waals surface area contributed by atoms with Crippen molar-refractivity contribution in [3.05, 3.63) is 34.6 Å². The van der Waals surface area contributed by atoms with Crippen LogP contribution in [0.5, 0.6) is 0 Å². The van der Waals surface area contributed by atoms with Gasteiger partial charge in [-0.1, -0.05) is 24.3 Å². The van der Waals surface area contributed by atoms with E-state index in [1.54, 1.807) is 6.92 Å². The van der Waals surface area contributed by atoms with E-state index in [0.29, 0.717) is 12.0 Å². The highest BCUT2D eigenvalue weighted by Gasteiger charge is 2.19. The van der Waals surface area contributed by atoms with Gasteiger partial charge in [-0.2, -0.15) is 0 Å². The molecule has 0 aliphatic heterocycles. The summed E-state index contributed by atoms with van der Waals surface area (Å²) in [6, 6.07) is 3.62. The second-order valence-electron chi connectivity index (χ2n) is 3.87. The molecular formula is C11H12FN3O2S2. The van der Waals surface area contributed by atoms with Gasteiger partial charge in [0.25, 0.3) is 10.0 Å². The molecule has 1 N–H and O–H groups in total. The van der Waals surface area contributed by atoms with Gasteiger partial charge in [-0.25, -0.2) is 12.8 Å². The first-order valence-electron chi connectivity index (χ1n) is 5.53. The predicted octanol–water partition coefficient (Wildman–Crippen LogP) is 2.35. The Morgan fingerprint density at radius 3 is 2.74 bits per heavy atom. The number of benzene rings is 1. The van der Waals surface area contributed by atoms with Crippen molar-refractivity contribution in [2.45, 2.75) is 25.2 Å². The standard InChI is InChI=1S/C11H12FN3O2S2/c1-3-10-13-14-11(18-10)15-19(16,17)9-6-8(12)5-4-7(9)2/h4-6H,3H2,1-2H3,(H,14,15). The van der Waals surface area contributed by atoms with E-state index in [4.69, 9.17) is 0 Å². The van der Waals surface area contributed by atoms with Crippen LogP contribution in [0.25, 0.3) is 0 Å². The molecule has 102 valence electrons. The van der Waals surface area contributed by atoms with Crippen LogP contribution in [0.4, 0.5) is 9.52 Å². The van der Waals surface area contributed by atoms with Crippen molar-refractivity contribution in [1.29, 1.82) is 0 Å². The lowest BCUT2D eigenvalue weighted by Crippen LogP contribution is -2.14. The van der Waals surface area contributed by atoms with E-state index in [1.165, 1.54) is 12.1 Å². The number of aryl methyl sites for hydroxylation is 2. The number of aromatic nitrogens is 2. The fourth-order valence-corrected chi connectivity index (χ4v) is 3.64. The summed E-state index contributed by atoms with van der Waals surface area (Å²) in [7, 11) is -3.84. The van der Waals surface area contributed by atoms with E-state index in [9.17, 15) is 12.8 Å². The molecule has 0 aliphatic carbocycles. The first-order chi connectivity index (χ1) is 8.92. The second kappa shape index (κ2) is 5.22. The number of hydrogen-bond acceptors (Lipinski definition) is 5. The SMILES string of the molecule is CCc1nnc(NS(=O)(=O)c2cc(F)ccc2C)s1. The molecule has 0 atom stereocenters. The lowest BCUT2D eigenvalue weighted by atomic mass is 10.2. The third-order valence-electron chi connectivity index (χ3n) is 2.43. The number of rotatable bonds is 4. The molecule has 1 aromatic carbocycles. The van der Waals surface area contributed by atoms with Crippen LogP contribution in [0.15, 0.2) is 23.1 Å². The molecular weight excluding hydrogens is 289 g/mol. The highest BCUT2D eigenvalue weighted by molar-refractivity contribution is 7.93. The molecule has 0 unspecified atom stereocenters. The molecule has 0 aliphatic rings. The van der Waals surface area contributed by atoms with Crippen LogP contribution < -0.4 is 4.72 Å². The molecule has 0 saturated carbocycles. The first-order valence-corrected chi connectivity index (χ1v) is 7.83. The van der Waals surface area contributed by atoms with Crippen LogP contribution in [-0.4, -0.2) is 18.6 Å². The van der Waals surface area contributed by atoms with Crippen molar-refractivity contribution in [1.82, 2.24) is 10.2 Å². The van der Waals surface area contributed by atoms with Gasteiger partial charge >= 0.3 is 0 Å². The monoisotopic (exact) mass is 301 g/mol. The summed E-state index contributed by atoms with van der Waals surface area (Å²) in [5.74, 6) is -0.600. The lowest BCUT2D eigenvalue weighted by Gasteiger charge is -2.07. The van der Waals surface area contributed by atoms with E-state index < -0.39 is 15.8 Å². The zero-order valence-corrected chi connectivity index (χ0v) is 12.0. The molecule has 2 aromatic rings. The minimum atomic E-state index is -3.84. The van der Waals surface area contributed by atoms with E-state index in [2.05, 4.69) is 14.9 Å². The van der Waals surface area contributed by atoms with Crippen molar-refractivity contribution in [2.75, 3.05) is 4.72 Å². The number of nitrogens with one attached hydrogen (secondary N) is 1. The lowest BCUT2D eigenvalue weighted by molar-refractivity contribution is 0.594. The largest absolute Gasteiger partial charge is 0.264 e. The van der Waals surface area contributed by atoms with Crippen molar-refractivity contribution < 1.29 is 12.8 Å². The molecule has 0 saturated heterocycles. The molecule has 1 aromatic heterocycles. The smallest absolute Gasteiger partial charge is 0.253 e. The van der Waals surface area contributed by atoms with Gasteiger partial charge in [0.15, 0.2) is 0 Å². The first kappa shape index (κ1) is 13.9. The quantitative estimate of drug-likeness (QED) is 0.941. The Morgan fingerprint density at radius 1 is 1.37 bits per heavy atom. The predicted molar refractivity (Wildman–Crippen MR) is 71.2 cm³/mol. The van der Waals surface area contributed by atoms with Gasteiger partial charge in [0.05, 0.1) is 4.90 Å².